The van der Waals surface area contributed by atoms with E-state index in [0.29, 0.717) is 25.7 Å². The lowest BCUT2D eigenvalue weighted by molar-refractivity contribution is -0.139. The fraction of sp³-hybridized carbons (Fsp3) is 0.846. The van der Waals surface area contributed by atoms with Crippen molar-refractivity contribution in [2.45, 2.75) is 57.6 Å². The predicted octanol–water partition coefficient (Wildman–Crippen LogP) is 1.50. The first-order valence-corrected chi connectivity index (χ1v) is 7.02. The van der Waals surface area contributed by atoms with Gasteiger partial charge in [0.1, 0.15) is 6.04 Å². The van der Waals surface area contributed by atoms with Crippen LogP contribution in [-0.4, -0.2) is 42.4 Å². The third-order valence-corrected chi connectivity index (χ3v) is 3.31. The Morgan fingerprint density at radius 2 is 2.00 bits per heavy atom. The number of carbonyl (C=O) groups is 2. The van der Waals surface area contributed by atoms with Crippen molar-refractivity contribution in [3.63, 3.8) is 0 Å². The maximum atomic E-state index is 11.4. The Kier molecular flexibility index (Phi) is 7.25. The molecule has 110 valence electrons. The van der Waals surface area contributed by atoms with Gasteiger partial charge in [-0.25, -0.2) is 9.59 Å². The van der Waals surface area contributed by atoms with Gasteiger partial charge in [0.15, 0.2) is 0 Å². The van der Waals surface area contributed by atoms with Crippen LogP contribution in [0.4, 0.5) is 4.79 Å². The minimum absolute atomic E-state index is 0.320. The highest BCUT2D eigenvalue weighted by Gasteiger charge is 2.17. The maximum absolute atomic E-state index is 11.4. The molecule has 0 aliphatic heterocycles. The molecule has 1 fully saturated rings. The lowest BCUT2D eigenvalue weighted by Gasteiger charge is -2.22. The number of hydrogen-bond donors (Lipinski definition) is 3. The van der Waals surface area contributed by atoms with E-state index in [1.807, 2.05) is 0 Å². The molecule has 1 aliphatic carbocycles. The Hall–Kier alpha value is -1.30. The molecule has 0 spiro atoms. The molecule has 1 rings (SSSR count). The number of amides is 2. The number of hydrogen-bond acceptors (Lipinski definition) is 3. The number of rotatable bonds is 7. The second kappa shape index (κ2) is 8.74. The van der Waals surface area contributed by atoms with Crippen LogP contribution < -0.4 is 10.6 Å². The Morgan fingerprint density at radius 3 is 2.58 bits per heavy atom. The molecule has 6 heteroatoms. The fourth-order valence-electron chi connectivity index (χ4n) is 2.17. The largest absolute Gasteiger partial charge is 0.480 e. The third-order valence-electron chi connectivity index (χ3n) is 3.31. The predicted molar refractivity (Wildman–Crippen MR) is 71.1 cm³/mol. The fourth-order valence-corrected chi connectivity index (χ4v) is 2.17. The molecule has 0 aromatic heterocycles. The van der Waals surface area contributed by atoms with Gasteiger partial charge in [0.2, 0.25) is 0 Å². The summed E-state index contributed by atoms with van der Waals surface area (Å²) < 4.78 is 5.65. The summed E-state index contributed by atoms with van der Waals surface area (Å²) in [6.07, 6.45) is 6.60. The number of nitrogens with one attached hydrogen (secondary N) is 2. The van der Waals surface area contributed by atoms with Crippen molar-refractivity contribution in [1.82, 2.24) is 10.6 Å². The highest BCUT2D eigenvalue weighted by Crippen LogP contribution is 2.19. The van der Waals surface area contributed by atoms with Gasteiger partial charge >= 0.3 is 12.0 Å². The van der Waals surface area contributed by atoms with E-state index in [9.17, 15) is 9.59 Å². The second-order valence-electron chi connectivity index (χ2n) is 4.83. The van der Waals surface area contributed by atoms with E-state index >= 15 is 0 Å². The summed E-state index contributed by atoms with van der Waals surface area (Å²) in [6, 6.07) is -1.29. The first kappa shape index (κ1) is 15.8. The Balaban J connectivity index is 2.07. The topological polar surface area (TPSA) is 87.7 Å². The number of carboxylic acids is 1. The van der Waals surface area contributed by atoms with Gasteiger partial charge in [-0.2, -0.15) is 0 Å². The summed E-state index contributed by atoms with van der Waals surface area (Å²) in [5, 5.41) is 13.8. The zero-order valence-electron chi connectivity index (χ0n) is 11.5. The molecule has 1 saturated carbocycles. The van der Waals surface area contributed by atoms with Crippen molar-refractivity contribution in [2.24, 2.45) is 0 Å². The summed E-state index contributed by atoms with van der Waals surface area (Å²) >= 11 is 0. The molecule has 0 bridgehead atoms. The van der Waals surface area contributed by atoms with Gasteiger partial charge in [0, 0.05) is 6.54 Å². The van der Waals surface area contributed by atoms with Crippen molar-refractivity contribution >= 4 is 12.0 Å². The molecular formula is C13H24N2O4. The second-order valence-corrected chi connectivity index (χ2v) is 4.83. The lowest BCUT2D eigenvalue weighted by Crippen LogP contribution is -2.46. The number of carbonyl (C=O) groups excluding carboxylic acids is 1. The summed E-state index contributed by atoms with van der Waals surface area (Å²) in [6.45, 7) is 2.59. The van der Waals surface area contributed by atoms with Gasteiger partial charge in [-0.1, -0.05) is 26.2 Å². The van der Waals surface area contributed by atoms with Crippen LogP contribution in [0.25, 0.3) is 0 Å². The molecule has 6 nitrogen and oxygen atoms in total. The number of carboxylic acid groups (broad SMARTS) is 1. The summed E-state index contributed by atoms with van der Waals surface area (Å²) in [5.41, 5.74) is 0. The zero-order valence-corrected chi connectivity index (χ0v) is 11.5. The summed E-state index contributed by atoms with van der Waals surface area (Å²) in [5.74, 6) is -1.02. The van der Waals surface area contributed by atoms with E-state index in [-0.39, 0.29) is 0 Å². The van der Waals surface area contributed by atoms with E-state index in [0.717, 1.165) is 12.8 Å². The molecule has 1 atom stereocenters. The van der Waals surface area contributed by atoms with E-state index in [1.165, 1.54) is 19.3 Å². The Bertz CT molecular complexity index is 290. The Morgan fingerprint density at radius 1 is 1.32 bits per heavy atom. The maximum Gasteiger partial charge on any atom is 0.326 e. The minimum Gasteiger partial charge on any atom is -0.480 e. The molecule has 0 aromatic carbocycles. The quantitative estimate of drug-likeness (QED) is 0.613. The highest BCUT2D eigenvalue weighted by molar-refractivity contribution is 5.82. The van der Waals surface area contributed by atoms with Crippen LogP contribution >= 0.6 is 0 Å². The van der Waals surface area contributed by atoms with Gasteiger partial charge in [0.25, 0.3) is 0 Å². The number of ether oxygens (including phenoxy) is 1. The molecule has 0 heterocycles. The average molecular weight is 272 g/mol. The van der Waals surface area contributed by atoms with Gasteiger partial charge in [-0.05, 0) is 19.3 Å². The van der Waals surface area contributed by atoms with E-state index < -0.39 is 18.0 Å². The summed E-state index contributed by atoms with van der Waals surface area (Å²) in [4.78, 5) is 22.2. The molecule has 0 saturated heterocycles. The molecule has 2 amide bonds. The van der Waals surface area contributed by atoms with Crippen LogP contribution in [0.1, 0.15) is 45.4 Å². The molecular weight excluding hydrogens is 248 g/mol. The van der Waals surface area contributed by atoms with Crippen LogP contribution in [0.15, 0.2) is 0 Å². The molecule has 0 unspecified atom stereocenters. The number of aliphatic carboxylic acids is 1. The Labute approximate surface area is 113 Å². The summed E-state index contributed by atoms with van der Waals surface area (Å²) in [7, 11) is 0. The van der Waals surface area contributed by atoms with Gasteiger partial charge in [-0.15, -0.1) is 0 Å². The van der Waals surface area contributed by atoms with E-state index in [2.05, 4.69) is 10.6 Å². The highest BCUT2D eigenvalue weighted by atomic mass is 16.5. The molecule has 0 radical (unpaired) electrons. The van der Waals surface area contributed by atoms with Crippen LogP contribution in [0.3, 0.4) is 0 Å². The minimum atomic E-state index is -1.02. The van der Waals surface area contributed by atoms with Crippen LogP contribution in [0.5, 0.6) is 0 Å². The van der Waals surface area contributed by atoms with Crippen molar-refractivity contribution in [2.75, 3.05) is 13.2 Å². The van der Waals surface area contributed by atoms with E-state index in [1.54, 1.807) is 6.92 Å². The molecule has 3 N–H and O–H groups in total. The van der Waals surface area contributed by atoms with Crippen molar-refractivity contribution in [3.8, 4) is 0 Å². The first-order valence-electron chi connectivity index (χ1n) is 7.02. The first-order chi connectivity index (χ1) is 9.13. The number of urea groups is 1. The van der Waals surface area contributed by atoms with E-state index in [4.69, 9.17) is 9.84 Å². The molecule has 19 heavy (non-hydrogen) atoms. The monoisotopic (exact) mass is 272 g/mol. The van der Waals surface area contributed by atoms with Crippen LogP contribution in [-0.2, 0) is 9.53 Å². The lowest BCUT2D eigenvalue weighted by atomic mass is 9.98. The smallest absolute Gasteiger partial charge is 0.326 e. The van der Waals surface area contributed by atoms with Crippen molar-refractivity contribution in [3.05, 3.63) is 0 Å². The van der Waals surface area contributed by atoms with Gasteiger partial charge in [-0.3, -0.25) is 0 Å². The SMILES string of the molecule is CC[C@H](NC(=O)NCCOC1CCCCC1)C(=O)O. The average Bonchev–Trinajstić information content (AvgIpc) is 2.42. The third kappa shape index (κ3) is 6.42. The zero-order chi connectivity index (χ0) is 14.1. The van der Waals surface area contributed by atoms with Crippen LogP contribution in [0.2, 0.25) is 0 Å². The van der Waals surface area contributed by atoms with Gasteiger partial charge < -0.3 is 20.5 Å². The standard InChI is InChI=1S/C13H24N2O4/c1-2-11(12(16)17)15-13(18)14-8-9-19-10-6-4-3-5-7-10/h10-11H,2-9H2,1H3,(H,16,17)(H2,14,15,18)/t11-/m0/s1. The van der Waals surface area contributed by atoms with Crippen molar-refractivity contribution < 1.29 is 19.4 Å². The molecule has 1 aliphatic rings. The molecule has 0 aromatic rings. The van der Waals surface area contributed by atoms with Gasteiger partial charge in [0.05, 0.1) is 12.7 Å². The van der Waals surface area contributed by atoms with Crippen molar-refractivity contribution in [1.29, 1.82) is 0 Å². The van der Waals surface area contributed by atoms with Crippen LogP contribution in [0, 0.1) is 0 Å². The normalized spacial score (nSPS) is 17.7.